The van der Waals surface area contributed by atoms with E-state index >= 15 is 0 Å². The van der Waals surface area contributed by atoms with Gasteiger partial charge in [0, 0.05) is 48.7 Å². The Bertz CT molecular complexity index is 1420. The molecule has 1 aliphatic carbocycles. The molecule has 6 heteroatoms. The van der Waals surface area contributed by atoms with Gasteiger partial charge in [-0.25, -0.2) is 4.98 Å². The first-order valence-electron chi connectivity index (χ1n) is 12.1. The Morgan fingerprint density at radius 1 is 0.970 bits per heavy atom. The molecule has 4 heterocycles. The Kier molecular flexibility index (Phi) is 4.31. The molecule has 4 aromatic rings. The molecule has 3 aliphatic rings. The predicted octanol–water partition coefficient (Wildman–Crippen LogP) is 4.34. The van der Waals surface area contributed by atoms with Gasteiger partial charge in [0.1, 0.15) is 0 Å². The Hall–Kier alpha value is -3.25. The number of aromatic nitrogens is 3. The third-order valence-electron chi connectivity index (χ3n) is 7.73. The first kappa shape index (κ1) is 19.2. The summed E-state index contributed by atoms with van der Waals surface area (Å²) < 4.78 is 0. The average Bonchev–Trinajstić information content (AvgIpc) is 3.52. The van der Waals surface area contributed by atoms with E-state index in [1.807, 2.05) is 12.4 Å². The number of rotatable bonds is 2. The van der Waals surface area contributed by atoms with Crippen LogP contribution in [-0.2, 0) is 19.4 Å². The molecule has 33 heavy (non-hydrogen) atoms. The van der Waals surface area contributed by atoms with Gasteiger partial charge in [-0.1, -0.05) is 12.1 Å². The summed E-state index contributed by atoms with van der Waals surface area (Å²) in [6.07, 6.45) is 8.67. The summed E-state index contributed by atoms with van der Waals surface area (Å²) in [6, 6.07) is 9.06. The number of aryl methyl sites for hydroxylation is 1. The first-order valence-corrected chi connectivity index (χ1v) is 12.1. The number of benzene rings is 2. The highest BCUT2D eigenvalue weighted by molar-refractivity contribution is 6.13. The van der Waals surface area contributed by atoms with Gasteiger partial charge in [-0.2, -0.15) is 5.10 Å². The molecule has 0 radical (unpaired) electrons. The third kappa shape index (κ3) is 3.00. The molecule has 2 aliphatic heterocycles. The number of piperazine rings is 1. The van der Waals surface area contributed by atoms with Gasteiger partial charge in [0.15, 0.2) is 0 Å². The number of hydrogen-bond donors (Lipinski definition) is 1. The first-order chi connectivity index (χ1) is 16.3. The van der Waals surface area contributed by atoms with Crippen molar-refractivity contribution in [1.82, 2.24) is 20.1 Å². The van der Waals surface area contributed by atoms with Crippen molar-refractivity contribution in [2.24, 2.45) is 4.99 Å². The van der Waals surface area contributed by atoms with Crippen LogP contribution in [0.1, 0.15) is 35.1 Å². The van der Waals surface area contributed by atoms with Crippen LogP contribution in [-0.4, -0.2) is 59.5 Å². The number of H-pyrrole nitrogens is 1. The number of anilines is 1. The molecular weight excluding hydrogens is 408 g/mol. The van der Waals surface area contributed by atoms with E-state index in [9.17, 15) is 0 Å². The van der Waals surface area contributed by atoms with Crippen molar-refractivity contribution in [2.45, 2.75) is 32.2 Å². The van der Waals surface area contributed by atoms with E-state index in [0.717, 1.165) is 56.6 Å². The molecular formula is C27H28N6. The fourth-order valence-electron chi connectivity index (χ4n) is 5.88. The molecule has 0 spiro atoms. The Balaban J connectivity index is 1.52. The smallest absolute Gasteiger partial charge is 0.0954 e. The molecule has 1 N–H and O–H groups in total. The van der Waals surface area contributed by atoms with Gasteiger partial charge >= 0.3 is 0 Å². The zero-order valence-electron chi connectivity index (χ0n) is 19.1. The standard InChI is InChI=1S/C27H28N6/c1-32-8-10-33(11-9-32)24-13-23-22(16-29-31-23)25-20-4-2-3-5-21(20)26(30-27(24)25)17-6-7-18-14-28-15-19(18)12-17/h6-7,12-13,15-16H,2-5,8-11,14H2,1H3,(H,29,31). The number of likely N-dealkylation sites (N-methyl/N-ethyl adjacent to an activating group) is 1. The minimum Gasteiger partial charge on any atom is -0.367 e. The molecule has 0 saturated carbocycles. The second-order valence-electron chi connectivity index (χ2n) is 9.75. The maximum absolute atomic E-state index is 5.47. The van der Waals surface area contributed by atoms with Crippen LogP contribution in [0.4, 0.5) is 5.69 Å². The van der Waals surface area contributed by atoms with Crippen molar-refractivity contribution >= 4 is 33.7 Å². The molecule has 2 aromatic heterocycles. The highest BCUT2D eigenvalue weighted by atomic mass is 15.3. The summed E-state index contributed by atoms with van der Waals surface area (Å²) in [4.78, 5) is 14.9. The van der Waals surface area contributed by atoms with Crippen molar-refractivity contribution in [3.63, 3.8) is 0 Å². The van der Waals surface area contributed by atoms with Crippen molar-refractivity contribution in [3.05, 3.63) is 52.7 Å². The maximum atomic E-state index is 5.47. The summed E-state index contributed by atoms with van der Waals surface area (Å²) in [7, 11) is 2.21. The van der Waals surface area contributed by atoms with Crippen molar-refractivity contribution in [1.29, 1.82) is 0 Å². The van der Waals surface area contributed by atoms with Crippen LogP contribution in [0.15, 0.2) is 35.5 Å². The Morgan fingerprint density at radius 2 is 1.82 bits per heavy atom. The molecule has 0 bridgehead atoms. The van der Waals surface area contributed by atoms with Crippen molar-refractivity contribution < 1.29 is 0 Å². The SMILES string of the molecule is CN1CCN(c2cc3[nH]ncc3c3c4c(c(-c5ccc6c(c5)C=NC6)nc23)CCCC4)CC1. The summed E-state index contributed by atoms with van der Waals surface area (Å²) in [6.45, 7) is 4.99. The van der Waals surface area contributed by atoms with E-state index in [4.69, 9.17) is 4.98 Å². The predicted molar refractivity (Wildman–Crippen MR) is 134 cm³/mol. The van der Waals surface area contributed by atoms with Crippen LogP contribution in [0.25, 0.3) is 33.1 Å². The number of aromatic amines is 1. The van der Waals surface area contributed by atoms with E-state index in [1.165, 1.54) is 62.8 Å². The monoisotopic (exact) mass is 436 g/mol. The largest absolute Gasteiger partial charge is 0.367 e. The van der Waals surface area contributed by atoms with E-state index in [1.54, 1.807) is 0 Å². The molecule has 1 fully saturated rings. The number of nitrogens with one attached hydrogen (secondary N) is 1. The van der Waals surface area contributed by atoms with Gasteiger partial charge < -0.3 is 9.80 Å². The van der Waals surface area contributed by atoms with Gasteiger partial charge in [0.2, 0.25) is 0 Å². The summed E-state index contributed by atoms with van der Waals surface area (Å²) >= 11 is 0. The molecule has 7 rings (SSSR count). The highest BCUT2D eigenvalue weighted by Gasteiger charge is 2.26. The van der Waals surface area contributed by atoms with Crippen molar-refractivity contribution in [3.8, 4) is 11.3 Å². The molecule has 0 amide bonds. The lowest BCUT2D eigenvalue weighted by Gasteiger charge is -2.35. The molecule has 2 aromatic carbocycles. The Labute approximate surface area is 193 Å². The van der Waals surface area contributed by atoms with Crippen LogP contribution in [0, 0.1) is 0 Å². The van der Waals surface area contributed by atoms with Crippen LogP contribution in [0.2, 0.25) is 0 Å². The second kappa shape index (κ2) is 7.39. The molecule has 6 nitrogen and oxygen atoms in total. The van der Waals surface area contributed by atoms with Gasteiger partial charge in [-0.05, 0) is 67.1 Å². The third-order valence-corrected chi connectivity index (χ3v) is 7.73. The lowest BCUT2D eigenvalue weighted by atomic mass is 9.85. The summed E-state index contributed by atoms with van der Waals surface area (Å²) in [5.74, 6) is 0. The molecule has 0 atom stereocenters. The molecule has 1 saturated heterocycles. The lowest BCUT2D eigenvalue weighted by molar-refractivity contribution is 0.313. The van der Waals surface area contributed by atoms with Gasteiger partial charge in [0.05, 0.1) is 35.2 Å². The topological polar surface area (TPSA) is 60.4 Å². The maximum Gasteiger partial charge on any atom is 0.0954 e. The van der Waals surface area contributed by atoms with E-state index in [2.05, 4.69) is 56.3 Å². The fraction of sp³-hybridized carbons (Fsp3) is 0.370. The number of fused-ring (bicyclic) bond motifs is 6. The van der Waals surface area contributed by atoms with Crippen LogP contribution >= 0.6 is 0 Å². The lowest BCUT2D eigenvalue weighted by Crippen LogP contribution is -2.44. The average molecular weight is 437 g/mol. The quantitative estimate of drug-likeness (QED) is 0.508. The minimum atomic E-state index is 0.797. The summed E-state index contributed by atoms with van der Waals surface area (Å²) in [5.41, 5.74) is 11.4. The van der Waals surface area contributed by atoms with Gasteiger partial charge in [-0.15, -0.1) is 0 Å². The normalized spacial score (nSPS) is 18.3. The number of nitrogens with zero attached hydrogens (tertiary/aromatic N) is 5. The van der Waals surface area contributed by atoms with Gasteiger partial charge in [-0.3, -0.25) is 10.1 Å². The summed E-state index contributed by atoms with van der Waals surface area (Å²) in [5, 5.41) is 10.2. The minimum absolute atomic E-state index is 0.797. The van der Waals surface area contributed by atoms with E-state index in [0.29, 0.717) is 0 Å². The number of aliphatic imine (C=N–C) groups is 1. The second-order valence-corrected chi connectivity index (χ2v) is 9.75. The van der Waals surface area contributed by atoms with Gasteiger partial charge in [0.25, 0.3) is 0 Å². The molecule has 166 valence electrons. The fourth-order valence-corrected chi connectivity index (χ4v) is 5.88. The van der Waals surface area contributed by atoms with E-state index in [-0.39, 0.29) is 0 Å². The Morgan fingerprint density at radius 3 is 2.70 bits per heavy atom. The number of hydrogen-bond acceptors (Lipinski definition) is 5. The van der Waals surface area contributed by atoms with Crippen molar-refractivity contribution in [2.75, 3.05) is 38.1 Å². The van der Waals surface area contributed by atoms with E-state index < -0.39 is 0 Å². The number of pyridine rings is 1. The zero-order chi connectivity index (χ0) is 21.9. The molecule has 0 unspecified atom stereocenters. The zero-order valence-corrected chi connectivity index (χ0v) is 19.1. The highest BCUT2D eigenvalue weighted by Crippen LogP contribution is 2.42. The van der Waals surface area contributed by atoms with Crippen LogP contribution in [0.3, 0.4) is 0 Å². The van der Waals surface area contributed by atoms with Crippen LogP contribution in [0.5, 0.6) is 0 Å². The van der Waals surface area contributed by atoms with Crippen LogP contribution < -0.4 is 4.90 Å².